The molecule has 0 bridgehead atoms. The highest BCUT2D eigenvalue weighted by Gasteiger charge is 2.63. The van der Waals surface area contributed by atoms with Crippen LogP contribution in [0.4, 0.5) is 0 Å². The number of Topliss-reactive ketones (excluding diaryl/α,β-unsaturated/α-hetero) is 1. The molecule has 0 aromatic rings. The van der Waals surface area contributed by atoms with E-state index < -0.39 is 0 Å². The van der Waals surface area contributed by atoms with Gasteiger partial charge < -0.3 is 0 Å². The van der Waals surface area contributed by atoms with Gasteiger partial charge in [0.25, 0.3) is 0 Å². The molecule has 2 saturated carbocycles. The van der Waals surface area contributed by atoms with Gasteiger partial charge in [0.2, 0.25) is 0 Å². The van der Waals surface area contributed by atoms with Crippen LogP contribution in [0.25, 0.3) is 0 Å². The lowest BCUT2D eigenvalue weighted by Gasteiger charge is -2.61. The molecular formula is C30H50O. The molecule has 1 unspecified atom stereocenters. The Hall–Kier alpha value is -0.590. The highest BCUT2D eigenvalue weighted by atomic mass is 16.1. The number of rotatable bonds is 5. The van der Waals surface area contributed by atoms with Gasteiger partial charge in [0, 0.05) is 11.8 Å². The summed E-state index contributed by atoms with van der Waals surface area (Å²) >= 11 is 0. The van der Waals surface area contributed by atoms with E-state index in [1.54, 1.807) is 0 Å². The van der Waals surface area contributed by atoms with Gasteiger partial charge in [-0.15, -0.1) is 0 Å². The summed E-state index contributed by atoms with van der Waals surface area (Å²) in [4.78, 5) is 12.8. The molecule has 0 aromatic carbocycles. The molecule has 0 amide bonds. The second-order valence-corrected chi connectivity index (χ2v) is 13.8. The van der Waals surface area contributed by atoms with Crippen molar-refractivity contribution in [3.05, 3.63) is 11.1 Å². The first-order chi connectivity index (χ1) is 14.4. The van der Waals surface area contributed by atoms with Crippen molar-refractivity contribution in [3.63, 3.8) is 0 Å². The topological polar surface area (TPSA) is 17.1 Å². The van der Waals surface area contributed by atoms with Crippen LogP contribution in [-0.2, 0) is 4.79 Å². The normalized spacial score (nSPS) is 42.9. The summed E-state index contributed by atoms with van der Waals surface area (Å²) in [5.74, 6) is 3.63. The third-order valence-electron chi connectivity index (χ3n) is 11.7. The SMILES string of the molecule is CC(C)CCC[C@@H](C)[C@H]1CC[C@@]2(C)C3=C(CC[C@]12C)[C@@]1(C)CCC(=O)C(C)(C)C1CC3. The molecule has 1 nitrogen and oxygen atoms in total. The number of carbonyl (C=O) groups is 1. The van der Waals surface area contributed by atoms with Gasteiger partial charge in [0.1, 0.15) is 5.78 Å². The predicted octanol–water partition coefficient (Wildman–Crippen LogP) is 8.77. The first kappa shape index (κ1) is 23.6. The summed E-state index contributed by atoms with van der Waals surface area (Å²) in [6, 6.07) is 0. The van der Waals surface area contributed by atoms with Gasteiger partial charge in [-0.05, 0) is 84.9 Å². The van der Waals surface area contributed by atoms with E-state index in [0.29, 0.717) is 22.5 Å². The van der Waals surface area contributed by atoms with E-state index in [1.165, 1.54) is 57.8 Å². The zero-order chi connectivity index (χ0) is 22.8. The maximum absolute atomic E-state index is 12.8. The van der Waals surface area contributed by atoms with Crippen molar-refractivity contribution < 1.29 is 4.79 Å². The Balaban J connectivity index is 1.63. The Morgan fingerprint density at radius 2 is 1.55 bits per heavy atom. The second-order valence-electron chi connectivity index (χ2n) is 13.8. The van der Waals surface area contributed by atoms with Crippen LogP contribution in [0.1, 0.15) is 126 Å². The lowest BCUT2D eigenvalue weighted by Crippen LogP contribution is -2.53. The maximum atomic E-state index is 12.8. The van der Waals surface area contributed by atoms with E-state index in [9.17, 15) is 4.79 Å². The van der Waals surface area contributed by atoms with E-state index in [1.807, 2.05) is 11.1 Å². The molecule has 0 radical (unpaired) electrons. The van der Waals surface area contributed by atoms with Crippen molar-refractivity contribution in [2.45, 2.75) is 126 Å². The fourth-order valence-electron chi connectivity index (χ4n) is 9.49. The van der Waals surface area contributed by atoms with Gasteiger partial charge >= 0.3 is 0 Å². The van der Waals surface area contributed by atoms with Crippen LogP contribution in [0.3, 0.4) is 0 Å². The summed E-state index contributed by atoms with van der Waals surface area (Å²) in [5, 5.41) is 0. The maximum Gasteiger partial charge on any atom is 0.138 e. The molecule has 4 rings (SSSR count). The second kappa shape index (κ2) is 7.73. The fraction of sp³-hybridized carbons (Fsp3) is 0.900. The molecule has 176 valence electrons. The molecule has 0 spiro atoms. The molecular weight excluding hydrogens is 376 g/mol. The minimum atomic E-state index is -0.143. The van der Waals surface area contributed by atoms with E-state index in [4.69, 9.17) is 0 Å². The molecule has 0 aliphatic heterocycles. The summed E-state index contributed by atoms with van der Waals surface area (Å²) in [6.45, 7) is 19.7. The van der Waals surface area contributed by atoms with Gasteiger partial charge in [-0.25, -0.2) is 0 Å². The number of hydrogen-bond donors (Lipinski definition) is 0. The minimum absolute atomic E-state index is 0.143. The summed E-state index contributed by atoms with van der Waals surface area (Å²) < 4.78 is 0. The molecule has 6 atom stereocenters. The zero-order valence-electron chi connectivity index (χ0n) is 22.0. The molecule has 0 heterocycles. The van der Waals surface area contributed by atoms with E-state index >= 15 is 0 Å². The molecule has 0 N–H and O–H groups in total. The molecule has 2 fully saturated rings. The number of fused-ring (bicyclic) bond motifs is 4. The van der Waals surface area contributed by atoms with Crippen LogP contribution in [0.5, 0.6) is 0 Å². The fourth-order valence-corrected chi connectivity index (χ4v) is 9.49. The van der Waals surface area contributed by atoms with Gasteiger partial charge in [-0.2, -0.15) is 0 Å². The van der Waals surface area contributed by atoms with Crippen LogP contribution >= 0.6 is 0 Å². The number of carbonyl (C=O) groups excluding carboxylic acids is 1. The Morgan fingerprint density at radius 1 is 0.839 bits per heavy atom. The Morgan fingerprint density at radius 3 is 2.23 bits per heavy atom. The Kier molecular flexibility index (Phi) is 5.88. The van der Waals surface area contributed by atoms with Crippen LogP contribution < -0.4 is 0 Å². The molecule has 1 heteroatoms. The lowest BCUT2D eigenvalue weighted by molar-refractivity contribution is -0.139. The van der Waals surface area contributed by atoms with Crippen molar-refractivity contribution in [2.24, 2.45) is 45.3 Å². The average molecular weight is 427 g/mol. The van der Waals surface area contributed by atoms with Crippen LogP contribution in [0.15, 0.2) is 11.1 Å². The summed E-state index contributed by atoms with van der Waals surface area (Å²) in [7, 11) is 0. The lowest BCUT2D eigenvalue weighted by atomic mass is 9.43. The molecule has 4 aliphatic carbocycles. The van der Waals surface area contributed by atoms with E-state index in [2.05, 4.69) is 55.4 Å². The van der Waals surface area contributed by atoms with Crippen LogP contribution in [-0.4, -0.2) is 5.78 Å². The Bertz CT molecular complexity index is 756. The minimum Gasteiger partial charge on any atom is -0.299 e. The summed E-state index contributed by atoms with van der Waals surface area (Å²) in [6.07, 6.45) is 14.1. The third kappa shape index (κ3) is 3.33. The smallest absolute Gasteiger partial charge is 0.138 e. The number of allylic oxidation sites excluding steroid dienone is 2. The van der Waals surface area contributed by atoms with Crippen LogP contribution in [0.2, 0.25) is 0 Å². The Labute approximate surface area is 193 Å². The third-order valence-corrected chi connectivity index (χ3v) is 11.7. The standard InChI is InChI=1S/C30H50O/c1-20(2)10-9-11-21(3)22-14-18-30(8)24-12-13-25-27(4,5)26(31)16-17-28(25,6)23(24)15-19-29(22,30)7/h20-22,25H,9-19H2,1-8H3/t21-,22-,25?,28-,29-,30+/m1/s1. The number of hydrogen-bond acceptors (Lipinski definition) is 1. The highest BCUT2D eigenvalue weighted by molar-refractivity contribution is 5.85. The summed E-state index contributed by atoms with van der Waals surface area (Å²) in [5.41, 5.74) is 4.65. The van der Waals surface area contributed by atoms with Crippen molar-refractivity contribution in [2.75, 3.05) is 0 Å². The van der Waals surface area contributed by atoms with Crippen LogP contribution in [0, 0.1) is 45.3 Å². The quantitative estimate of drug-likeness (QED) is 0.401. The van der Waals surface area contributed by atoms with Gasteiger partial charge in [-0.3, -0.25) is 4.79 Å². The molecule has 4 aliphatic rings. The van der Waals surface area contributed by atoms with Crippen molar-refractivity contribution in [3.8, 4) is 0 Å². The molecule has 31 heavy (non-hydrogen) atoms. The van der Waals surface area contributed by atoms with Gasteiger partial charge in [-0.1, -0.05) is 85.8 Å². The average Bonchev–Trinajstić information content (AvgIpc) is 2.96. The van der Waals surface area contributed by atoms with E-state index in [-0.39, 0.29) is 10.8 Å². The van der Waals surface area contributed by atoms with Crippen molar-refractivity contribution >= 4 is 5.78 Å². The largest absolute Gasteiger partial charge is 0.299 e. The highest BCUT2D eigenvalue weighted by Crippen LogP contribution is 2.72. The van der Waals surface area contributed by atoms with E-state index in [0.717, 1.165) is 30.6 Å². The van der Waals surface area contributed by atoms with Crippen molar-refractivity contribution in [1.29, 1.82) is 0 Å². The first-order valence-electron chi connectivity index (χ1n) is 13.6. The van der Waals surface area contributed by atoms with Gasteiger partial charge in [0.15, 0.2) is 0 Å². The number of ketones is 1. The molecule has 0 saturated heterocycles. The van der Waals surface area contributed by atoms with Crippen molar-refractivity contribution in [1.82, 2.24) is 0 Å². The predicted molar refractivity (Wildman–Crippen MR) is 132 cm³/mol. The zero-order valence-corrected chi connectivity index (χ0v) is 22.0. The molecule has 0 aromatic heterocycles. The monoisotopic (exact) mass is 426 g/mol. The van der Waals surface area contributed by atoms with Gasteiger partial charge in [0.05, 0.1) is 0 Å². The first-order valence-corrected chi connectivity index (χ1v) is 13.6.